The van der Waals surface area contributed by atoms with Crippen LogP contribution in [-0.4, -0.2) is 47.1 Å². The van der Waals surface area contributed by atoms with Crippen molar-refractivity contribution in [3.63, 3.8) is 0 Å². The Labute approximate surface area is 123 Å². The summed E-state index contributed by atoms with van der Waals surface area (Å²) in [6.07, 6.45) is 5.61. The van der Waals surface area contributed by atoms with Gasteiger partial charge in [-0.15, -0.1) is 11.6 Å². The number of barbiturate groups is 1. The van der Waals surface area contributed by atoms with E-state index in [9.17, 15) is 14.4 Å². The topological polar surface area (TPSA) is 57.7 Å². The molecule has 0 spiro atoms. The molecule has 0 radical (unpaired) electrons. The lowest BCUT2D eigenvalue weighted by Gasteiger charge is -2.42. The molecule has 1 atom stereocenters. The third-order valence-corrected chi connectivity index (χ3v) is 4.33. The van der Waals surface area contributed by atoms with Crippen molar-refractivity contribution in [2.75, 3.05) is 19.5 Å². The quantitative estimate of drug-likeness (QED) is 0.456. The Morgan fingerprint density at radius 3 is 2.50 bits per heavy atom. The Morgan fingerprint density at radius 2 is 1.95 bits per heavy atom. The van der Waals surface area contributed by atoms with Gasteiger partial charge in [-0.1, -0.05) is 6.08 Å². The first-order valence-corrected chi connectivity index (χ1v) is 7.37. The first-order valence-electron chi connectivity index (χ1n) is 6.84. The summed E-state index contributed by atoms with van der Waals surface area (Å²) in [6.45, 7) is 1.75. The summed E-state index contributed by atoms with van der Waals surface area (Å²) in [5.74, 6) is -0.722. The van der Waals surface area contributed by atoms with Crippen molar-refractivity contribution >= 4 is 29.4 Å². The van der Waals surface area contributed by atoms with Gasteiger partial charge < -0.3 is 0 Å². The van der Waals surface area contributed by atoms with Crippen molar-refractivity contribution in [1.82, 2.24) is 9.80 Å². The third kappa shape index (κ3) is 2.14. The number of hydrogen-bond donors (Lipinski definition) is 0. The number of halogens is 1. The van der Waals surface area contributed by atoms with Crippen molar-refractivity contribution in [1.29, 1.82) is 0 Å². The fourth-order valence-corrected chi connectivity index (χ4v) is 3.07. The summed E-state index contributed by atoms with van der Waals surface area (Å²) in [4.78, 5) is 39.3. The maximum Gasteiger partial charge on any atom is 0.333 e. The van der Waals surface area contributed by atoms with Gasteiger partial charge in [0.1, 0.15) is 5.41 Å². The second kappa shape index (κ2) is 5.56. The van der Waals surface area contributed by atoms with Gasteiger partial charge in [0.25, 0.3) is 0 Å². The first-order chi connectivity index (χ1) is 9.44. The van der Waals surface area contributed by atoms with E-state index in [2.05, 4.69) is 0 Å². The highest BCUT2D eigenvalue weighted by Gasteiger charge is 2.54. The van der Waals surface area contributed by atoms with Crippen LogP contribution < -0.4 is 0 Å². The average molecular weight is 299 g/mol. The number of rotatable bonds is 3. The number of alkyl halides is 1. The molecule has 4 amide bonds. The normalized spacial score (nSPS) is 27.9. The Bertz CT molecular complexity index is 489. The van der Waals surface area contributed by atoms with Crippen LogP contribution in [0, 0.1) is 5.41 Å². The van der Waals surface area contributed by atoms with Gasteiger partial charge >= 0.3 is 6.03 Å². The number of carbonyl (C=O) groups excluding carboxylic acids is 3. The fourth-order valence-electron chi connectivity index (χ4n) is 2.90. The largest absolute Gasteiger partial charge is 0.333 e. The zero-order valence-corrected chi connectivity index (χ0v) is 12.6. The zero-order valence-electron chi connectivity index (χ0n) is 11.8. The number of urea groups is 1. The molecule has 0 bridgehead atoms. The lowest BCUT2D eigenvalue weighted by Crippen LogP contribution is -2.64. The van der Waals surface area contributed by atoms with Crippen LogP contribution in [0.4, 0.5) is 4.79 Å². The monoisotopic (exact) mass is 298 g/mol. The van der Waals surface area contributed by atoms with E-state index in [-0.39, 0.29) is 12.4 Å². The second-order valence-electron chi connectivity index (χ2n) is 5.39. The van der Waals surface area contributed by atoms with Crippen LogP contribution in [0.1, 0.15) is 32.6 Å². The van der Waals surface area contributed by atoms with E-state index < -0.39 is 23.3 Å². The van der Waals surface area contributed by atoms with Crippen molar-refractivity contribution in [2.24, 2.45) is 5.41 Å². The molecular weight excluding hydrogens is 280 g/mol. The lowest BCUT2D eigenvalue weighted by atomic mass is 9.74. The third-order valence-electron chi connectivity index (χ3n) is 4.16. The lowest BCUT2D eigenvalue weighted by molar-refractivity contribution is -0.153. The molecule has 1 heterocycles. The van der Waals surface area contributed by atoms with E-state index in [1.54, 1.807) is 6.92 Å². The predicted octanol–water partition coefficient (Wildman–Crippen LogP) is 2.15. The molecular formula is C14H19ClN2O3. The second-order valence-corrected chi connectivity index (χ2v) is 5.77. The van der Waals surface area contributed by atoms with Gasteiger partial charge in [0.15, 0.2) is 0 Å². The Kier molecular flexibility index (Phi) is 4.18. The highest BCUT2D eigenvalue weighted by Crippen LogP contribution is 2.40. The van der Waals surface area contributed by atoms with Gasteiger partial charge in [-0.05, 0) is 38.2 Å². The summed E-state index contributed by atoms with van der Waals surface area (Å²) < 4.78 is 0. The van der Waals surface area contributed by atoms with Crippen molar-refractivity contribution < 1.29 is 14.4 Å². The minimum atomic E-state index is -1.25. The summed E-state index contributed by atoms with van der Waals surface area (Å²) in [7, 11) is 1.42. The molecule has 0 unspecified atom stereocenters. The summed E-state index contributed by atoms with van der Waals surface area (Å²) in [5.41, 5.74) is -0.424. The molecule has 1 aliphatic carbocycles. The van der Waals surface area contributed by atoms with E-state index in [4.69, 9.17) is 11.6 Å². The van der Waals surface area contributed by atoms with Crippen LogP contribution in [0.3, 0.4) is 0 Å². The molecule has 6 heteroatoms. The first kappa shape index (κ1) is 15.0. The zero-order chi connectivity index (χ0) is 14.9. The molecule has 0 N–H and O–H groups in total. The molecule has 1 fully saturated rings. The molecule has 1 aliphatic heterocycles. The van der Waals surface area contributed by atoms with Crippen LogP contribution in [0.2, 0.25) is 0 Å². The Balaban J connectivity index is 2.44. The van der Waals surface area contributed by atoms with Gasteiger partial charge in [0.05, 0.1) is 0 Å². The minimum Gasteiger partial charge on any atom is -0.273 e. The van der Waals surface area contributed by atoms with E-state index >= 15 is 0 Å². The van der Waals surface area contributed by atoms with Gasteiger partial charge in [-0.25, -0.2) is 4.79 Å². The average Bonchev–Trinajstić information content (AvgIpc) is 2.48. The standard InChI is InChI=1S/C14H19ClN2O3/c1-14(10-6-4-3-5-7-10)11(18)16(2)13(20)17(9-8-15)12(14)19/h6H,3-5,7-9H2,1-2H3/t14-/m0/s1. The van der Waals surface area contributed by atoms with Gasteiger partial charge in [0, 0.05) is 19.5 Å². The van der Waals surface area contributed by atoms with Crippen LogP contribution in [0.25, 0.3) is 0 Å². The van der Waals surface area contributed by atoms with E-state index in [0.717, 1.165) is 41.1 Å². The summed E-state index contributed by atoms with van der Waals surface area (Å²) in [5, 5.41) is 0. The highest BCUT2D eigenvalue weighted by atomic mass is 35.5. The molecule has 1 saturated heterocycles. The Morgan fingerprint density at radius 1 is 1.25 bits per heavy atom. The number of allylic oxidation sites excluding steroid dienone is 1. The summed E-state index contributed by atoms with van der Waals surface area (Å²) >= 11 is 5.66. The molecule has 0 saturated carbocycles. The summed E-state index contributed by atoms with van der Waals surface area (Å²) in [6, 6.07) is -0.588. The SMILES string of the molecule is CN1C(=O)N(CCCl)C(=O)[C@@](C)(C2=CCCCC2)C1=O. The van der Waals surface area contributed by atoms with Gasteiger partial charge in [-0.2, -0.15) is 0 Å². The molecule has 5 nitrogen and oxygen atoms in total. The van der Waals surface area contributed by atoms with Gasteiger partial charge in [0.2, 0.25) is 11.8 Å². The molecule has 110 valence electrons. The predicted molar refractivity (Wildman–Crippen MR) is 75.3 cm³/mol. The molecule has 0 aromatic rings. The molecule has 2 aliphatic rings. The van der Waals surface area contributed by atoms with Crippen LogP contribution in [-0.2, 0) is 9.59 Å². The highest BCUT2D eigenvalue weighted by molar-refractivity contribution is 6.22. The van der Waals surface area contributed by atoms with Crippen molar-refractivity contribution in [3.8, 4) is 0 Å². The van der Waals surface area contributed by atoms with E-state index in [1.807, 2.05) is 6.08 Å². The van der Waals surface area contributed by atoms with Crippen LogP contribution in [0.15, 0.2) is 11.6 Å². The van der Waals surface area contributed by atoms with Crippen molar-refractivity contribution in [2.45, 2.75) is 32.6 Å². The maximum absolute atomic E-state index is 12.7. The Hall–Kier alpha value is -1.36. The van der Waals surface area contributed by atoms with Crippen LogP contribution in [0.5, 0.6) is 0 Å². The number of hydrogen-bond acceptors (Lipinski definition) is 3. The molecule has 0 aromatic carbocycles. The number of nitrogens with zero attached hydrogens (tertiary/aromatic N) is 2. The maximum atomic E-state index is 12.7. The number of imide groups is 2. The smallest absolute Gasteiger partial charge is 0.273 e. The minimum absolute atomic E-state index is 0.125. The van der Waals surface area contributed by atoms with Crippen molar-refractivity contribution in [3.05, 3.63) is 11.6 Å². The van der Waals surface area contributed by atoms with Gasteiger partial charge in [-0.3, -0.25) is 19.4 Å². The fraction of sp³-hybridized carbons (Fsp3) is 0.643. The van der Waals surface area contributed by atoms with Crippen LogP contribution >= 0.6 is 11.6 Å². The molecule has 0 aromatic heterocycles. The van der Waals surface area contributed by atoms with E-state index in [1.165, 1.54) is 7.05 Å². The molecule has 20 heavy (non-hydrogen) atoms. The molecule has 2 rings (SSSR count). The number of carbonyl (C=O) groups is 3. The number of amides is 4. The van der Waals surface area contributed by atoms with E-state index in [0.29, 0.717) is 0 Å².